The quantitative estimate of drug-likeness (QED) is 0.640. The zero-order chi connectivity index (χ0) is 19.4. The molecule has 1 saturated carbocycles. The second-order valence-electron chi connectivity index (χ2n) is 7.83. The van der Waals surface area contributed by atoms with Crippen molar-refractivity contribution in [1.29, 1.82) is 0 Å². The third-order valence-corrected chi connectivity index (χ3v) is 6.19. The fourth-order valence-corrected chi connectivity index (χ4v) is 4.67. The summed E-state index contributed by atoms with van der Waals surface area (Å²) in [6.45, 7) is 1.93. The van der Waals surface area contributed by atoms with E-state index in [1.807, 2.05) is 35.9 Å². The molecule has 3 aromatic rings. The van der Waals surface area contributed by atoms with E-state index in [0.717, 1.165) is 40.9 Å². The van der Waals surface area contributed by atoms with Crippen LogP contribution in [0.4, 0.5) is 0 Å². The first-order chi connectivity index (χ1) is 13.5. The largest absolute Gasteiger partial charge is 0.487 e. The highest BCUT2D eigenvalue weighted by atomic mass is 16.5. The van der Waals surface area contributed by atoms with Crippen LogP contribution in [0.25, 0.3) is 11.0 Å². The predicted octanol–water partition coefficient (Wildman–Crippen LogP) is 1.80. The summed E-state index contributed by atoms with van der Waals surface area (Å²) in [6, 6.07) is 7.52. The number of nitrogens with two attached hydrogens (primary N) is 1. The van der Waals surface area contributed by atoms with Crippen LogP contribution in [0.15, 0.2) is 36.8 Å². The van der Waals surface area contributed by atoms with Crippen molar-refractivity contribution in [2.45, 2.75) is 56.6 Å². The summed E-state index contributed by atoms with van der Waals surface area (Å²) in [4.78, 5) is 8.59. The van der Waals surface area contributed by atoms with Gasteiger partial charge in [0.25, 0.3) is 0 Å². The molecule has 0 spiro atoms. The van der Waals surface area contributed by atoms with Crippen molar-refractivity contribution in [2.24, 2.45) is 5.73 Å². The second kappa shape index (κ2) is 6.55. The van der Waals surface area contributed by atoms with E-state index in [4.69, 9.17) is 10.5 Å². The van der Waals surface area contributed by atoms with Crippen molar-refractivity contribution >= 4 is 11.0 Å². The van der Waals surface area contributed by atoms with Gasteiger partial charge in [0.15, 0.2) is 0 Å². The van der Waals surface area contributed by atoms with Gasteiger partial charge in [0.05, 0.1) is 11.7 Å². The number of nitrogens with zero attached hydrogens (tertiary/aromatic N) is 3. The van der Waals surface area contributed by atoms with Gasteiger partial charge in [0.2, 0.25) is 0 Å². The monoisotopic (exact) mass is 380 g/mol. The number of fused-ring (bicyclic) bond motifs is 2. The van der Waals surface area contributed by atoms with Gasteiger partial charge in [-0.2, -0.15) is 0 Å². The summed E-state index contributed by atoms with van der Waals surface area (Å²) < 4.78 is 8.12. The first-order valence-corrected chi connectivity index (χ1v) is 9.73. The Hall–Kier alpha value is -2.48. The van der Waals surface area contributed by atoms with Gasteiger partial charge in [-0.15, -0.1) is 0 Å². The van der Waals surface area contributed by atoms with Crippen molar-refractivity contribution in [1.82, 2.24) is 14.5 Å². The highest BCUT2D eigenvalue weighted by Gasteiger charge is 2.44. The highest BCUT2D eigenvalue weighted by molar-refractivity contribution is 5.78. The third-order valence-electron chi connectivity index (χ3n) is 6.19. The smallest absolute Gasteiger partial charge is 0.143 e. The number of aryl methyl sites for hydroxylation is 2. The van der Waals surface area contributed by atoms with Gasteiger partial charge in [0.1, 0.15) is 36.0 Å². The minimum atomic E-state index is -0.987. The third kappa shape index (κ3) is 2.62. The number of rotatable bonds is 3. The van der Waals surface area contributed by atoms with Gasteiger partial charge in [-0.3, -0.25) is 0 Å². The standard InChI is InChI=1S/C21H24N4O3/c1-11-13-7-8-25(21(13)24-10-23-11)15-9-17(20(27)19(15)26)28-16-4-2-3-12-5-6-14(22)18(12)16/h2-4,7-8,10,14-15,17,19-20,26-27H,5-6,9,22H2,1H3/t14-,15-,17+,19+,20-/m1/s1. The maximum absolute atomic E-state index is 10.7. The number of benzene rings is 1. The fourth-order valence-electron chi connectivity index (χ4n) is 4.67. The van der Waals surface area contributed by atoms with Crippen LogP contribution in [0.5, 0.6) is 5.75 Å². The zero-order valence-electron chi connectivity index (χ0n) is 15.7. The SMILES string of the molecule is Cc1ncnc2c1ccn2[C@@H]1C[C@H](Oc2cccc3c2[C@H](N)CC3)[C@@H](O)[C@H]1O. The van der Waals surface area contributed by atoms with Crippen molar-refractivity contribution in [2.75, 3.05) is 0 Å². The van der Waals surface area contributed by atoms with Crippen LogP contribution < -0.4 is 10.5 Å². The summed E-state index contributed by atoms with van der Waals surface area (Å²) in [5.41, 5.74) is 10.1. The summed E-state index contributed by atoms with van der Waals surface area (Å²) in [6.07, 6.45) is 3.30. The zero-order valence-corrected chi connectivity index (χ0v) is 15.7. The summed E-state index contributed by atoms with van der Waals surface area (Å²) >= 11 is 0. The number of hydrogen-bond donors (Lipinski definition) is 3. The first-order valence-electron chi connectivity index (χ1n) is 9.73. The molecule has 0 unspecified atom stereocenters. The summed E-state index contributed by atoms with van der Waals surface area (Å²) in [5.74, 6) is 0.718. The number of hydrogen-bond acceptors (Lipinski definition) is 6. The molecular weight excluding hydrogens is 356 g/mol. The Morgan fingerprint density at radius 2 is 2.04 bits per heavy atom. The van der Waals surface area contributed by atoms with Gasteiger partial charge in [-0.1, -0.05) is 12.1 Å². The molecule has 146 valence electrons. The Morgan fingerprint density at radius 3 is 2.89 bits per heavy atom. The lowest BCUT2D eigenvalue weighted by Gasteiger charge is -2.21. The average Bonchev–Trinajstić information content (AvgIpc) is 3.36. The highest BCUT2D eigenvalue weighted by Crippen LogP contribution is 2.40. The molecule has 0 bridgehead atoms. The normalized spacial score (nSPS) is 29.4. The molecule has 7 nitrogen and oxygen atoms in total. The number of ether oxygens (including phenoxy) is 1. The van der Waals surface area contributed by atoms with Crippen LogP contribution in [0.3, 0.4) is 0 Å². The van der Waals surface area contributed by atoms with Crippen LogP contribution in [0.2, 0.25) is 0 Å². The predicted molar refractivity (Wildman–Crippen MR) is 104 cm³/mol. The molecule has 0 aliphatic heterocycles. The Kier molecular flexibility index (Phi) is 4.12. The molecule has 2 aromatic heterocycles. The lowest BCUT2D eigenvalue weighted by molar-refractivity contribution is -0.0166. The van der Waals surface area contributed by atoms with Crippen LogP contribution in [-0.2, 0) is 6.42 Å². The lowest BCUT2D eigenvalue weighted by Crippen LogP contribution is -2.34. The van der Waals surface area contributed by atoms with E-state index >= 15 is 0 Å². The maximum atomic E-state index is 10.7. The second-order valence-corrected chi connectivity index (χ2v) is 7.83. The number of aliphatic hydroxyl groups is 2. The van der Waals surface area contributed by atoms with Crippen molar-refractivity contribution in [3.05, 3.63) is 53.6 Å². The lowest BCUT2D eigenvalue weighted by atomic mass is 10.1. The molecule has 2 aliphatic rings. The van der Waals surface area contributed by atoms with Gasteiger partial charge < -0.3 is 25.3 Å². The molecule has 1 fully saturated rings. The van der Waals surface area contributed by atoms with Crippen LogP contribution >= 0.6 is 0 Å². The van der Waals surface area contributed by atoms with Crippen LogP contribution in [0, 0.1) is 6.92 Å². The molecule has 1 aromatic carbocycles. The van der Waals surface area contributed by atoms with Crippen molar-refractivity contribution in [3.63, 3.8) is 0 Å². The molecule has 28 heavy (non-hydrogen) atoms. The van der Waals surface area contributed by atoms with E-state index in [0.29, 0.717) is 6.42 Å². The Balaban J connectivity index is 1.45. The number of aliphatic hydroxyl groups excluding tert-OH is 2. The van der Waals surface area contributed by atoms with E-state index < -0.39 is 18.3 Å². The number of aromatic nitrogens is 3. The van der Waals surface area contributed by atoms with Gasteiger partial charge in [-0.05, 0) is 37.5 Å². The molecule has 0 amide bonds. The first kappa shape index (κ1) is 17.6. The van der Waals surface area contributed by atoms with E-state index in [-0.39, 0.29) is 12.1 Å². The van der Waals surface area contributed by atoms with Crippen LogP contribution in [0.1, 0.15) is 41.7 Å². The molecule has 2 aliphatic carbocycles. The van der Waals surface area contributed by atoms with E-state index in [1.165, 1.54) is 11.9 Å². The summed E-state index contributed by atoms with van der Waals surface area (Å²) in [7, 11) is 0. The molecule has 5 rings (SSSR count). The molecule has 0 saturated heterocycles. The van der Waals surface area contributed by atoms with Crippen molar-refractivity contribution in [3.8, 4) is 5.75 Å². The fraction of sp³-hybridized carbons (Fsp3) is 0.429. The van der Waals surface area contributed by atoms with Gasteiger partial charge in [-0.25, -0.2) is 9.97 Å². The van der Waals surface area contributed by atoms with E-state index in [2.05, 4.69) is 16.0 Å². The Bertz CT molecular complexity index is 1030. The molecule has 7 heteroatoms. The van der Waals surface area contributed by atoms with Crippen LogP contribution in [-0.4, -0.2) is 43.1 Å². The maximum Gasteiger partial charge on any atom is 0.143 e. The topological polar surface area (TPSA) is 106 Å². The minimum absolute atomic E-state index is 0.0430. The van der Waals surface area contributed by atoms with Gasteiger partial charge in [0, 0.05) is 29.6 Å². The molecule has 2 heterocycles. The molecular formula is C21H24N4O3. The minimum Gasteiger partial charge on any atom is -0.487 e. The van der Waals surface area contributed by atoms with E-state index in [9.17, 15) is 10.2 Å². The summed E-state index contributed by atoms with van der Waals surface area (Å²) in [5, 5.41) is 22.4. The van der Waals surface area contributed by atoms with E-state index in [1.54, 1.807) is 0 Å². The van der Waals surface area contributed by atoms with Crippen molar-refractivity contribution < 1.29 is 14.9 Å². The molecule has 0 radical (unpaired) electrons. The Labute approximate surface area is 162 Å². The van der Waals surface area contributed by atoms with Gasteiger partial charge >= 0.3 is 0 Å². The Morgan fingerprint density at radius 1 is 1.18 bits per heavy atom. The molecule has 4 N–H and O–H groups in total. The molecule has 5 atom stereocenters. The average molecular weight is 380 g/mol.